The molecule has 1 aromatic carbocycles. The number of carbonyl (C=O) groups is 2. The van der Waals surface area contributed by atoms with E-state index in [1.165, 1.54) is 7.05 Å². The van der Waals surface area contributed by atoms with E-state index in [0.717, 1.165) is 15.8 Å². The van der Waals surface area contributed by atoms with Crippen molar-refractivity contribution >= 4 is 27.7 Å². The number of likely N-dealkylation sites (N-methyl/N-ethyl adjacent to an activating group) is 1. The summed E-state index contributed by atoms with van der Waals surface area (Å²) in [6.45, 7) is 2.08. The van der Waals surface area contributed by atoms with Crippen molar-refractivity contribution in [1.29, 1.82) is 0 Å². The highest BCUT2D eigenvalue weighted by atomic mass is 79.9. The molecule has 116 valence electrons. The van der Waals surface area contributed by atoms with E-state index in [4.69, 9.17) is 4.74 Å². The van der Waals surface area contributed by atoms with Crippen LogP contribution in [0.3, 0.4) is 0 Å². The smallest absolute Gasteiger partial charge is 0.239 e. The van der Waals surface area contributed by atoms with Gasteiger partial charge in [0.25, 0.3) is 0 Å². The van der Waals surface area contributed by atoms with Crippen LogP contribution >= 0.6 is 15.9 Å². The zero-order valence-corrected chi connectivity index (χ0v) is 13.9. The summed E-state index contributed by atoms with van der Waals surface area (Å²) in [5, 5.41) is 8.06. The first-order valence-electron chi connectivity index (χ1n) is 6.52. The van der Waals surface area contributed by atoms with Gasteiger partial charge in [-0.1, -0.05) is 6.07 Å². The minimum atomic E-state index is -0.226. The Kier molecular flexibility index (Phi) is 7.18. The van der Waals surface area contributed by atoms with Crippen LogP contribution in [-0.2, 0) is 9.59 Å². The lowest BCUT2D eigenvalue weighted by atomic mass is 10.1. The molecule has 1 rings (SSSR count). The largest absolute Gasteiger partial charge is 0.496 e. The number of hydrogen-bond acceptors (Lipinski definition) is 4. The number of halogens is 1. The second kappa shape index (κ2) is 8.63. The molecule has 0 bridgehead atoms. The Morgan fingerprint density at radius 3 is 2.57 bits per heavy atom. The molecule has 0 saturated heterocycles. The summed E-state index contributed by atoms with van der Waals surface area (Å²) in [5.74, 6) is 0.308. The lowest BCUT2D eigenvalue weighted by Gasteiger charge is -2.15. The molecule has 6 nitrogen and oxygen atoms in total. The molecular weight excluding hydrogens is 338 g/mol. The summed E-state index contributed by atoms with van der Waals surface area (Å²) < 4.78 is 6.03. The molecule has 0 saturated carbocycles. The molecule has 0 radical (unpaired) electrons. The topological polar surface area (TPSA) is 79.5 Å². The van der Waals surface area contributed by atoms with E-state index < -0.39 is 0 Å². The first-order chi connectivity index (χ1) is 9.97. The summed E-state index contributed by atoms with van der Waals surface area (Å²) in [5.41, 5.74) is 1.03. The molecule has 21 heavy (non-hydrogen) atoms. The third kappa shape index (κ3) is 5.73. The monoisotopic (exact) mass is 357 g/mol. The van der Waals surface area contributed by atoms with Crippen molar-refractivity contribution in [3.8, 4) is 5.75 Å². The number of benzene rings is 1. The summed E-state index contributed by atoms with van der Waals surface area (Å²) in [6, 6.07) is 5.74. The highest BCUT2D eigenvalue weighted by Gasteiger charge is 2.10. The van der Waals surface area contributed by atoms with Crippen LogP contribution in [-0.4, -0.2) is 39.1 Å². The number of methoxy groups -OCH3 is 1. The van der Waals surface area contributed by atoms with Crippen molar-refractivity contribution in [2.75, 3.05) is 27.2 Å². The summed E-state index contributed by atoms with van der Waals surface area (Å²) in [6.07, 6.45) is 0. The average Bonchev–Trinajstić information content (AvgIpc) is 2.49. The van der Waals surface area contributed by atoms with Crippen molar-refractivity contribution in [2.45, 2.75) is 13.0 Å². The molecule has 7 heteroatoms. The van der Waals surface area contributed by atoms with Crippen molar-refractivity contribution in [3.05, 3.63) is 28.2 Å². The highest BCUT2D eigenvalue weighted by molar-refractivity contribution is 9.10. The SMILES string of the molecule is CNC(=O)CNC(=O)CN[C@H](C)c1ccc(OC)c(Br)c1. The normalized spacial score (nSPS) is 11.6. The van der Waals surface area contributed by atoms with Gasteiger partial charge in [0.2, 0.25) is 11.8 Å². The van der Waals surface area contributed by atoms with Gasteiger partial charge >= 0.3 is 0 Å². The molecule has 0 aromatic heterocycles. The lowest BCUT2D eigenvalue weighted by Crippen LogP contribution is -2.40. The Labute approximate surface area is 132 Å². The van der Waals surface area contributed by atoms with Gasteiger partial charge in [-0.2, -0.15) is 0 Å². The maximum Gasteiger partial charge on any atom is 0.239 e. The van der Waals surface area contributed by atoms with Crippen LogP contribution in [0.2, 0.25) is 0 Å². The molecule has 3 N–H and O–H groups in total. The van der Waals surface area contributed by atoms with E-state index in [9.17, 15) is 9.59 Å². The standard InChI is InChI=1S/C14H20BrN3O3/c1-9(10-4-5-12(21-3)11(15)6-10)17-8-14(20)18-7-13(19)16-2/h4-6,9,17H,7-8H2,1-3H3,(H,16,19)(H,18,20)/t9-/m1/s1. The zero-order valence-electron chi connectivity index (χ0n) is 12.3. The second-order valence-electron chi connectivity index (χ2n) is 4.45. The van der Waals surface area contributed by atoms with E-state index in [0.29, 0.717) is 0 Å². The van der Waals surface area contributed by atoms with Gasteiger partial charge in [-0.15, -0.1) is 0 Å². The molecule has 0 fully saturated rings. The van der Waals surface area contributed by atoms with E-state index in [2.05, 4.69) is 31.9 Å². The van der Waals surface area contributed by atoms with Crippen LogP contribution in [0.15, 0.2) is 22.7 Å². The van der Waals surface area contributed by atoms with E-state index in [1.54, 1.807) is 7.11 Å². The van der Waals surface area contributed by atoms with E-state index in [1.807, 2.05) is 25.1 Å². The number of carbonyl (C=O) groups excluding carboxylic acids is 2. The highest BCUT2D eigenvalue weighted by Crippen LogP contribution is 2.27. The fourth-order valence-electron chi connectivity index (χ4n) is 1.65. The molecule has 0 spiro atoms. The van der Waals surface area contributed by atoms with E-state index in [-0.39, 0.29) is 30.9 Å². The third-order valence-electron chi connectivity index (χ3n) is 2.97. The Morgan fingerprint density at radius 2 is 2.00 bits per heavy atom. The Bertz CT molecular complexity index is 508. The van der Waals surface area contributed by atoms with Gasteiger partial charge in [-0.05, 0) is 40.5 Å². The first-order valence-corrected chi connectivity index (χ1v) is 7.31. The van der Waals surface area contributed by atoms with Crippen LogP contribution in [0, 0.1) is 0 Å². The Hall–Kier alpha value is -1.60. The predicted molar refractivity (Wildman–Crippen MR) is 84.2 cm³/mol. The van der Waals surface area contributed by atoms with Crippen LogP contribution in [0.4, 0.5) is 0 Å². The molecule has 0 aliphatic rings. The van der Waals surface area contributed by atoms with Crippen molar-refractivity contribution in [2.24, 2.45) is 0 Å². The Morgan fingerprint density at radius 1 is 1.29 bits per heavy atom. The first kappa shape index (κ1) is 17.5. The van der Waals surface area contributed by atoms with Crippen LogP contribution in [0.25, 0.3) is 0 Å². The van der Waals surface area contributed by atoms with Gasteiger partial charge in [0, 0.05) is 13.1 Å². The summed E-state index contributed by atoms with van der Waals surface area (Å²) in [7, 11) is 3.13. The lowest BCUT2D eigenvalue weighted by molar-refractivity contribution is -0.125. The number of ether oxygens (including phenoxy) is 1. The maximum absolute atomic E-state index is 11.6. The molecule has 0 heterocycles. The van der Waals surface area contributed by atoms with Gasteiger partial charge in [0.1, 0.15) is 5.75 Å². The number of rotatable bonds is 7. The van der Waals surface area contributed by atoms with Gasteiger partial charge in [0.05, 0.1) is 24.7 Å². The minimum Gasteiger partial charge on any atom is -0.496 e. The van der Waals surface area contributed by atoms with Gasteiger partial charge in [0.15, 0.2) is 0 Å². The predicted octanol–water partition coefficient (Wildman–Crippen LogP) is 0.970. The molecule has 0 aliphatic heterocycles. The van der Waals surface area contributed by atoms with Crippen molar-refractivity contribution < 1.29 is 14.3 Å². The molecular formula is C14H20BrN3O3. The van der Waals surface area contributed by atoms with Crippen molar-refractivity contribution in [1.82, 2.24) is 16.0 Å². The zero-order chi connectivity index (χ0) is 15.8. The molecule has 2 amide bonds. The van der Waals surface area contributed by atoms with Crippen LogP contribution in [0.1, 0.15) is 18.5 Å². The molecule has 0 aliphatic carbocycles. The van der Waals surface area contributed by atoms with Gasteiger partial charge in [-0.25, -0.2) is 0 Å². The number of amides is 2. The van der Waals surface area contributed by atoms with Crippen molar-refractivity contribution in [3.63, 3.8) is 0 Å². The fourth-order valence-corrected chi connectivity index (χ4v) is 2.20. The van der Waals surface area contributed by atoms with Gasteiger partial charge in [-0.3, -0.25) is 9.59 Å². The van der Waals surface area contributed by atoms with Gasteiger partial charge < -0.3 is 20.7 Å². The average molecular weight is 358 g/mol. The van der Waals surface area contributed by atoms with Crippen LogP contribution < -0.4 is 20.7 Å². The van der Waals surface area contributed by atoms with Crippen LogP contribution in [0.5, 0.6) is 5.75 Å². The maximum atomic E-state index is 11.6. The molecule has 1 aromatic rings. The summed E-state index contributed by atoms with van der Waals surface area (Å²) >= 11 is 3.43. The second-order valence-corrected chi connectivity index (χ2v) is 5.30. The quantitative estimate of drug-likeness (QED) is 0.679. The van der Waals surface area contributed by atoms with E-state index >= 15 is 0 Å². The third-order valence-corrected chi connectivity index (χ3v) is 3.59. The number of hydrogen-bond donors (Lipinski definition) is 3. The molecule has 0 unspecified atom stereocenters. The Balaban J connectivity index is 2.46. The summed E-state index contributed by atoms with van der Waals surface area (Å²) in [4.78, 5) is 22.6. The number of nitrogens with one attached hydrogen (secondary N) is 3. The fraction of sp³-hybridized carbons (Fsp3) is 0.429. The minimum absolute atomic E-state index is 0.00189. The molecule has 1 atom stereocenters.